The van der Waals surface area contributed by atoms with Crippen molar-refractivity contribution in [1.29, 1.82) is 0 Å². The van der Waals surface area contributed by atoms with Crippen LogP contribution < -0.4 is 15.4 Å². The number of hydrogen-bond acceptors (Lipinski definition) is 3. The van der Waals surface area contributed by atoms with Gasteiger partial charge >= 0.3 is 6.18 Å². The Morgan fingerprint density at radius 3 is 2.54 bits per heavy atom. The minimum atomic E-state index is -4.42. The zero-order valence-corrected chi connectivity index (χ0v) is 15.4. The molecule has 1 saturated heterocycles. The molecule has 1 aliphatic heterocycles. The number of hydrogen-bond donors (Lipinski definition) is 2. The topological polar surface area (TPSA) is 50.4 Å². The Bertz CT molecular complexity index is 876. The Balaban J connectivity index is 1.94. The van der Waals surface area contributed by atoms with E-state index < -0.39 is 11.7 Å². The average Bonchev–Trinajstić information content (AvgIpc) is 2.66. The molecule has 1 heterocycles. The standard InChI is InChI=1S/C21H21F3N2O2/c1-13-10-11-25-18(12-13)26-20(27)16-4-3-5-17(28-2)19(16)14-6-8-15(9-7-14)21(22,23)24/h3-9,18,25H,1,10-12H2,2H3,(H,26,27). The largest absolute Gasteiger partial charge is 0.496 e. The highest BCUT2D eigenvalue weighted by Gasteiger charge is 2.30. The van der Waals surface area contributed by atoms with Gasteiger partial charge in [-0.1, -0.05) is 30.4 Å². The van der Waals surface area contributed by atoms with Crippen molar-refractivity contribution in [2.24, 2.45) is 0 Å². The summed E-state index contributed by atoms with van der Waals surface area (Å²) in [5.41, 5.74) is 1.55. The number of alkyl halides is 3. The molecule has 2 aromatic carbocycles. The van der Waals surface area contributed by atoms with E-state index in [0.29, 0.717) is 28.9 Å². The minimum absolute atomic E-state index is 0.236. The lowest BCUT2D eigenvalue weighted by atomic mass is 9.96. The molecular weight excluding hydrogens is 369 g/mol. The number of carbonyl (C=O) groups is 1. The van der Waals surface area contributed by atoms with Crippen molar-refractivity contribution in [3.63, 3.8) is 0 Å². The molecule has 2 aromatic rings. The third-order valence-electron chi connectivity index (χ3n) is 4.66. The maximum Gasteiger partial charge on any atom is 0.416 e. The molecule has 1 unspecified atom stereocenters. The van der Waals surface area contributed by atoms with Gasteiger partial charge in [0, 0.05) is 18.5 Å². The van der Waals surface area contributed by atoms with Crippen LogP contribution in [-0.2, 0) is 6.18 Å². The van der Waals surface area contributed by atoms with Crippen molar-refractivity contribution in [2.75, 3.05) is 13.7 Å². The molecule has 0 bridgehead atoms. The van der Waals surface area contributed by atoms with Gasteiger partial charge in [-0.25, -0.2) is 0 Å². The molecule has 1 aliphatic rings. The van der Waals surface area contributed by atoms with Crippen molar-refractivity contribution in [3.8, 4) is 16.9 Å². The molecule has 1 amide bonds. The van der Waals surface area contributed by atoms with Gasteiger partial charge in [0.2, 0.25) is 0 Å². The van der Waals surface area contributed by atoms with Crippen LogP contribution >= 0.6 is 0 Å². The number of rotatable bonds is 4. The lowest BCUT2D eigenvalue weighted by molar-refractivity contribution is -0.137. The summed E-state index contributed by atoms with van der Waals surface area (Å²) in [6, 6.07) is 9.66. The summed E-state index contributed by atoms with van der Waals surface area (Å²) in [7, 11) is 1.46. The fourth-order valence-electron chi connectivity index (χ4n) is 3.24. The number of benzene rings is 2. The summed E-state index contributed by atoms with van der Waals surface area (Å²) in [6.07, 6.45) is -3.16. The zero-order chi connectivity index (χ0) is 20.3. The highest BCUT2D eigenvalue weighted by atomic mass is 19.4. The van der Waals surface area contributed by atoms with Crippen LogP contribution in [0.2, 0.25) is 0 Å². The molecule has 0 spiro atoms. The Kier molecular flexibility index (Phi) is 5.74. The predicted octanol–water partition coefficient (Wildman–Crippen LogP) is 4.38. The maximum absolute atomic E-state index is 12.9. The van der Waals surface area contributed by atoms with Crippen molar-refractivity contribution >= 4 is 5.91 Å². The molecule has 28 heavy (non-hydrogen) atoms. The van der Waals surface area contributed by atoms with E-state index in [0.717, 1.165) is 30.7 Å². The number of amides is 1. The fourth-order valence-corrected chi connectivity index (χ4v) is 3.24. The van der Waals surface area contributed by atoms with E-state index in [4.69, 9.17) is 4.74 Å². The van der Waals surface area contributed by atoms with E-state index in [9.17, 15) is 18.0 Å². The molecule has 0 saturated carbocycles. The van der Waals surface area contributed by atoms with Gasteiger partial charge in [0.15, 0.2) is 0 Å². The van der Waals surface area contributed by atoms with Gasteiger partial charge in [-0.3, -0.25) is 10.1 Å². The van der Waals surface area contributed by atoms with Crippen molar-refractivity contribution < 1.29 is 22.7 Å². The summed E-state index contributed by atoms with van der Waals surface area (Å²) < 4.78 is 44.0. The van der Waals surface area contributed by atoms with Crippen LogP contribution in [0.25, 0.3) is 11.1 Å². The number of piperidine rings is 1. The van der Waals surface area contributed by atoms with Crippen LogP contribution in [0.4, 0.5) is 13.2 Å². The van der Waals surface area contributed by atoms with Crippen LogP contribution in [0.3, 0.4) is 0 Å². The molecule has 4 nitrogen and oxygen atoms in total. The van der Waals surface area contributed by atoms with Crippen LogP contribution in [-0.4, -0.2) is 25.7 Å². The van der Waals surface area contributed by atoms with Gasteiger partial charge in [0.05, 0.1) is 24.4 Å². The van der Waals surface area contributed by atoms with Crippen molar-refractivity contribution in [2.45, 2.75) is 25.2 Å². The first-order valence-corrected chi connectivity index (χ1v) is 8.85. The first-order valence-electron chi connectivity index (χ1n) is 8.85. The normalized spacial score (nSPS) is 17.3. The number of halogens is 3. The van der Waals surface area contributed by atoms with Gasteiger partial charge in [0.1, 0.15) is 5.75 Å². The van der Waals surface area contributed by atoms with Gasteiger partial charge in [-0.05, 0) is 36.2 Å². The molecule has 2 N–H and O–H groups in total. The summed E-state index contributed by atoms with van der Waals surface area (Å²) >= 11 is 0. The molecule has 0 radical (unpaired) electrons. The first kappa shape index (κ1) is 19.9. The van der Waals surface area contributed by atoms with E-state index >= 15 is 0 Å². The van der Waals surface area contributed by atoms with E-state index in [1.54, 1.807) is 18.2 Å². The molecule has 3 rings (SSSR count). The molecular formula is C21H21F3N2O2. The average molecular weight is 390 g/mol. The zero-order valence-electron chi connectivity index (χ0n) is 15.4. The Morgan fingerprint density at radius 1 is 1.21 bits per heavy atom. The quantitative estimate of drug-likeness (QED) is 0.762. The molecule has 1 atom stereocenters. The Morgan fingerprint density at radius 2 is 1.93 bits per heavy atom. The van der Waals surface area contributed by atoms with Crippen molar-refractivity contribution in [3.05, 3.63) is 65.7 Å². The van der Waals surface area contributed by atoms with E-state index in [2.05, 4.69) is 17.2 Å². The second-order valence-electron chi connectivity index (χ2n) is 6.64. The van der Waals surface area contributed by atoms with Gasteiger partial charge in [-0.15, -0.1) is 0 Å². The lowest BCUT2D eigenvalue weighted by Crippen LogP contribution is -2.48. The molecule has 0 aromatic heterocycles. The second kappa shape index (κ2) is 8.06. The first-order chi connectivity index (χ1) is 13.3. The van der Waals surface area contributed by atoms with Gasteiger partial charge < -0.3 is 10.1 Å². The molecule has 148 valence electrons. The molecule has 1 fully saturated rings. The summed E-state index contributed by atoms with van der Waals surface area (Å²) in [4.78, 5) is 12.9. The summed E-state index contributed by atoms with van der Waals surface area (Å²) in [5.74, 6) is 0.0782. The van der Waals surface area contributed by atoms with Crippen LogP contribution in [0.15, 0.2) is 54.6 Å². The van der Waals surface area contributed by atoms with E-state index in [1.165, 1.54) is 19.2 Å². The highest BCUT2D eigenvalue weighted by Crippen LogP contribution is 2.36. The van der Waals surface area contributed by atoms with Gasteiger partial charge in [0.25, 0.3) is 5.91 Å². The monoisotopic (exact) mass is 390 g/mol. The SMILES string of the molecule is C=C1CCNC(NC(=O)c2cccc(OC)c2-c2ccc(C(F)(F)F)cc2)C1. The Hall–Kier alpha value is -2.80. The number of nitrogens with one attached hydrogen (secondary N) is 2. The van der Waals surface area contributed by atoms with Crippen LogP contribution in [0.5, 0.6) is 5.75 Å². The van der Waals surface area contributed by atoms with Gasteiger partial charge in [-0.2, -0.15) is 13.2 Å². The van der Waals surface area contributed by atoms with Crippen molar-refractivity contribution in [1.82, 2.24) is 10.6 Å². The lowest BCUT2D eigenvalue weighted by Gasteiger charge is -2.26. The van der Waals surface area contributed by atoms with E-state index in [-0.39, 0.29) is 12.1 Å². The Labute approximate surface area is 161 Å². The summed E-state index contributed by atoms with van der Waals surface area (Å²) in [6.45, 7) is 4.69. The third-order valence-corrected chi connectivity index (χ3v) is 4.66. The predicted molar refractivity (Wildman–Crippen MR) is 101 cm³/mol. The maximum atomic E-state index is 12.9. The van der Waals surface area contributed by atoms with Crippen LogP contribution in [0.1, 0.15) is 28.8 Å². The second-order valence-corrected chi connectivity index (χ2v) is 6.64. The van der Waals surface area contributed by atoms with E-state index in [1.807, 2.05) is 0 Å². The number of ether oxygens (including phenoxy) is 1. The number of methoxy groups -OCH3 is 1. The third kappa shape index (κ3) is 4.36. The fraction of sp³-hybridized carbons (Fsp3) is 0.286. The molecule has 0 aliphatic carbocycles. The summed E-state index contributed by atoms with van der Waals surface area (Å²) in [5, 5.41) is 6.13. The van der Waals surface area contributed by atoms with Crippen LogP contribution in [0, 0.1) is 0 Å². The smallest absolute Gasteiger partial charge is 0.416 e. The number of carbonyl (C=O) groups excluding carboxylic acids is 1. The molecule has 7 heteroatoms. The minimum Gasteiger partial charge on any atom is -0.496 e. The highest BCUT2D eigenvalue weighted by molar-refractivity contribution is 6.02.